The summed E-state index contributed by atoms with van der Waals surface area (Å²) in [6, 6.07) is 5.21. The molecule has 0 saturated carbocycles. The van der Waals surface area contributed by atoms with Crippen molar-refractivity contribution in [2.45, 2.75) is 17.7 Å². The molecule has 1 aromatic carbocycles. The van der Waals surface area contributed by atoms with E-state index in [1.165, 1.54) is 22.5 Å². The van der Waals surface area contributed by atoms with Crippen LogP contribution < -0.4 is 5.32 Å². The third-order valence-electron chi connectivity index (χ3n) is 3.70. The molecule has 0 unspecified atom stereocenters. The molecule has 128 valence electrons. The summed E-state index contributed by atoms with van der Waals surface area (Å²) < 4.78 is 39.9. The number of benzene rings is 1. The summed E-state index contributed by atoms with van der Waals surface area (Å²) in [5, 5.41) is 4.00. The molecule has 1 aromatic heterocycles. The Morgan fingerprint density at radius 1 is 1.25 bits per heavy atom. The maximum Gasteiger partial charge on any atom is 0.267 e. The number of halogens is 2. The van der Waals surface area contributed by atoms with Gasteiger partial charge in [0.05, 0.1) is 5.02 Å². The third-order valence-corrected chi connectivity index (χ3v) is 6.97. The van der Waals surface area contributed by atoms with Gasteiger partial charge in [0.25, 0.3) is 5.91 Å². The molecular weight excluding hydrogens is 375 g/mol. The Morgan fingerprint density at radius 3 is 2.62 bits per heavy atom. The highest BCUT2D eigenvalue weighted by molar-refractivity contribution is 7.89. The van der Waals surface area contributed by atoms with Gasteiger partial charge in [-0.2, -0.15) is 4.31 Å². The maximum absolute atomic E-state index is 13.2. The first kappa shape index (κ1) is 17.3. The lowest BCUT2D eigenvalue weighted by atomic mass is 10.3. The molecule has 3 rings (SSSR count). The van der Waals surface area contributed by atoms with Gasteiger partial charge in [-0.3, -0.25) is 4.79 Å². The van der Waals surface area contributed by atoms with Crippen molar-refractivity contribution in [3.8, 4) is 0 Å². The number of hydrogen-bond donors (Lipinski definition) is 1. The number of thiophene rings is 1. The van der Waals surface area contributed by atoms with E-state index in [1.54, 1.807) is 5.38 Å². The molecule has 0 bridgehead atoms. The first-order valence-corrected chi connectivity index (χ1v) is 9.93. The van der Waals surface area contributed by atoms with Gasteiger partial charge in [-0.1, -0.05) is 11.6 Å². The quantitative estimate of drug-likeness (QED) is 0.870. The summed E-state index contributed by atoms with van der Waals surface area (Å²) in [5.41, 5.74) is 0.296. The number of carbonyl (C=O) groups is 1. The van der Waals surface area contributed by atoms with E-state index in [2.05, 4.69) is 5.32 Å². The molecule has 1 amide bonds. The van der Waals surface area contributed by atoms with Crippen molar-refractivity contribution in [1.29, 1.82) is 0 Å². The number of nitrogens with zero attached hydrogens (tertiary/aromatic N) is 1. The van der Waals surface area contributed by atoms with E-state index in [1.807, 2.05) is 0 Å². The van der Waals surface area contributed by atoms with Gasteiger partial charge in [0.1, 0.15) is 15.6 Å². The molecular formula is C15H14ClFN2O3S2. The van der Waals surface area contributed by atoms with Crippen molar-refractivity contribution in [2.75, 3.05) is 18.4 Å². The Hall–Kier alpha value is -1.48. The van der Waals surface area contributed by atoms with Gasteiger partial charge in [-0.05, 0) is 42.5 Å². The molecule has 5 nitrogen and oxygen atoms in total. The molecule has 0 spiro atoms. The summed E-state index contributed by atoms with van der Waals surface area (Å²) in [4.78, 5) is 12.5. The number of carbonyl (C=O) groups excluding carboxylic acids is 1. The lowest BCUT2D eigenvalue weighted by Gasteiger charge is -2.15. The molecule has 1 fully saturated rings. The van der Waals surface area contributed by atoms with E-state index in [9.17, 15) is 17.6 Å². The molecule has 1 aliphatic heterocycles. The van der Waals surface area contributed by atoms with E-state index in [4.69, 9.17) is 11.6 Å². The second-order valence-electron chi connectivity index (χ2n) is 5.31. The van der Waals surface area contributed by atoms with Crippen LogP contribution in [-0.2, 0) is 10.0 Å². The first-order valence-electron chi connectivity index (χ1n) is 7.23. The topological polar surface area (TPSA) is 66.5 Å². The highest BCUT2D eigenvalue weighted by atomic mass is 35.5. The van der Waals surface area contributed by atoms with E-state index in [0.717, 1.165) is 30.2 Å². The van der Waals surface area contributed by atoms with E-state index >= 15 is 0 Å². The normalized spacial score (nSPS) is 15.6. The number of amides is 1. The van der Waals surface area contributed by atoms with Crippen LogP contribution >= 0.6 is 22.9 Å². The fourth-order valence-corrected chi connectivity index (χ4v) is 5.49. The lowest BCUT2D eigenvalue weighted by molar-refractivity contribution is 0.102. The minimum atomic E-state index is -3.68. The summed E-state index contributed by atoms with van der Waals surface area (Å²) >= 11 is 6.73. The molecule has 24 heavy (non-hydrogen) atoms. The number of sulfonamides is 1. The second kappa shape index (κ2) is 6.79. The van der Waals surface area contributed by atoms with E-state index in [0.29, 0.717) is 18.8 Å². The van der Waals surface area contributed by atoms with Gasteiger partial charge in [0.2, 0.25) is 10.0 Å². The molecule has 1 saturated heterocycles. The molecule has 0 atom stereocenters. The van der Waals surface area contributed by atoms with Crippen LogP contribution in [0.5, 0.6) is 0 Å². The summed E-state index contributed by atoms with van der Waals surface area (Å²) in [6.45, 7) is 0.930. The van der Waals surface area contributed by atoms with Crippen LogP contribution in [0.3, 0.4) is 0 Å². The van der Waals surface area contributed by atoms with Crippen LogP contribution in [0.15, 0.2) is 34.5 Å². The third kappa shape index (κ3) is 3.32. The summed E-state index contributed by atoms with van der Waals surface area (Å²) in [7, 11) is -3.68. The van der Waals surface area contributed by atoms with Gasteiger partial charge in [-0.15, -0.1) is 11.3 Å². The molecule has 2 aromatic rings. The number of hydrogen-bond acceptors (Lipinski definition) is 4. The maximum atomic E-state index is 13.2. The van der Waals surface area contributed by atoms with Gasteiger partial charge in [-0.25, -0.2) is 12.8 Å². The molecule has 1 aliphatic rings. The van der Waals surface area contributed by atoms with Crippen LogP contribution in [0.25, 0.3) is 0 Å². The summed E-state index contributed by atoms with van der Waals surface area (Å²) in [5.74, 6) is -1.16. The summed E-state index contributed by atoms with van der Waals surface area (Å²) in [6.07, 6.45) is 1.64. The zero-order chi connectivity index (χ0) is 17.3. The van der Waals surface area contributed by atoms with Gasteiger partial charge < -0.3 is 5.32 Å². The van der Waals surface area contributed by atoms with Crippen molar-refractivity contribution < 1.29 is 17.6 Å². The number of rotatable bonds is 4. The van der Waals surface area contributed by atoms with Crippen molar-refractivity contribution >= 4 is 44.6 Å². The number of anilines is 1. The smallest absolute Gasteiger partial charge is 0.267 e. The van der Waals surface area contributed by atoms with Crippen LogP contribution in [0.4, 0.5) is 10.1 Å². The Kier molecular flexibility index (Phi) is 4.91. The SMILES string of the molecule is O=C(Nc1ccc(F)c(Cl)c1)c1sccc1S(=O)(=O)N1CCCC1. The molecule has 1 N–H and O–H groups in total. The fourth-order valence-electron chi connectivity index (χ4n) is 2.50. The monoisotopic (exact) mass is 388 g/mol. The van der Waals surface area contributed by atoms with Gasteiger partial charge in [0.15, 0.2) is 0 Å². The van der Waals surface area contributed by atoms with Gasteiger partial charge >= 0.3 is 0 Å². The second-order valence-corrected chi connectivity index (χ2v) is 8.54. The minimum absolute atomic E-state index is 0.000101. The molecule has 0 aliphatic carbocycles. The van der Waals surface area contributed by atoms with Crippen molar-refractivity contribution in [1.82, 2.24) is 4.31 Å². The lowest BCUT2D eigenvalue weighted by Crippen LogP contribution is -2.29. The average molecular weight is 389 g/mol. The van der Waals surface area contributed by atoms with Crippen LogP contribution in [0.2, 0.25) is 5.02 Å². The van der Waals surface area contributed by atoms with Crippen LogP contribution in [-0.4, -0.2) is 31.7 Å². The largest absolute Gasteiger partial charge is 0.321 e. The molecule has 9 heteroatoms. The zero-order valence-electron chi connectivity index (χ0n) is 12.5. The van der Waals surface area contributed by atoms with Crippen LogP contribution in [0, 0.1) is 5.82 Å². The molecule has 0 radical (unpaired) electrons. The van der Waals surface area contributed by atoms with Crippen molar-refractivity contribution in [3.05, 3.63) is 45.4 Å². The molecule has 2 heterocycles. The van der Waals surface area contributed by atoms with E-state index in [-0.39, 0.29) is 14.8 Å². The standard InChI is InChI=1S/C15H14ClFN2O3S2/c16-11-9-10(3-4-12(11)17)18-15(20)14-13(5-8-23-14)24(21,22)19-6-1-2-7-19/h3-5,8-9H,1-2,6-7H2,(H,18,20). The predicted molar refractivity (Wildman–Crippen MR) is 91.7 cm³/mol. The zero-order valence-corrected chi connectivity index (χ0v) is 14.8. The van der Waals surface area contributed by atoms with Gasteiger partial charge in [0, 0.05) is 18.8 Å². The van der Waals surface area contributed by atoms with Crippen molar-refractivity contribution in [2.24, 2.45) is 0 Å². The van der Waals surface area contributed by atoms with Crippen LogP contribution in [0.1, 0.15) is 22.5 Å². The Morgan fingerprint density at radius 2 is 1.96 bits per heavy atom. The van der Waals surface area contributed by atoms with Crippen molar-refractivity contribution in [3.63, 3.8) is 0 Å². The minimum Gasteiger partial charge on any atom is -0.321 e. The highest BCUT2D eigenvalue weighted by Gasteiger charge is 2.31. The highest BCUT2D eigenvalue weighted by Crippen LogP contribution is 2.28. The fraction of sp³-hybridized carbons (Fsp3) is 0.267. The average Bonchev–Trinajstić information content (AvgIpc) is 3.22. The number of nitrogens with one attached hydrogen (secondary N) is 1. The van der Waals surface area contributed by atoms with E-state index < -0.39 is 21.7 Å². The Bertz CT molecular complexity index is 877. The first-order chi connectivity index (χ1) is 11.4. The predicted octanol–water partition coefficient (Wildman–Crippen LogP) is 3.58. The Labute approximate surface area is 148 Å². The Balaban J connectivity index is 1.86.